The number of hydrogen-bond donors (Lipinski definition) is 25. The zero-order chi connectivity index (χ0) is 77.2. The van der Waals surface area contributed by atoms with Crippen LogP contribution in [0.1, 0.15) is 86.1 Å². The molecule has 0 radical (unpaired) electrons. The number of aromatic hydroxyl groups is 1. The number of thiol groups is 4. The number of rotatable bonds is 44. The third-order valence-corrected chi connectivity index (χ3v) is 16.9. The molecule has 1 fully saturated rings. The second-order valence-corrected chi connectivity index (χ2v) is 25.2. The van der Waals surface area contributed by atoms with Crippen molar-refractivity contribution in [1.29, 1.82) is 0 Å². The number of carbonyl (C=O) groups is 17. The van der Waals surface area contributed by atoms with Gasteiger partial charge in [0.2, 0.25) is 88.6 Å². The summed E-state index contributed by atoms with van der Waals surface area (Å²) in [5.74, 6) is -19.3. The van der Waals surface area contributed by atoms with Gasteiger partial charge in [-0.15, -0.1) is 0 Å². The summed E-state index contributed by atoms with van der Waals surface area (Å²) in [5, 5.41) is 87.1. The summed E-state index contributed by atoms with van der Waals surface area (Å²) < 4.78 is 0. The van der Waals surface area contributed by atoms with Gasteiger partial charge in [-0.1, -0.05) is 32.4 Å². The Bertz CT molecular complexity index is 3130. The molecule has 0 unspecified atom stereocenters. The van der Waals surface area contributed by atoms with Crippen molar-refractivity contribution >= 4 is 151 Å². The Balaban J connectivity index is 2.13. The van der Waals surface area contributed by atoms with E-state index in [1.165, 1.54) is 52.0 Å². The van der Waals surface area contributed by atoms with E-state index in [2.05, 4.69) is 136 Å². The Kier molecular flexibility index (Phi) is 39.7. The summed E-state index contributed by atoms with van der Waals surface area (Å²) in [6.45, 7) is 7.68. The van der Waals surface area contributed by atoms with Gasteiger partial charge in [-0.05, 0) is 84.0 Å². The average molecular weight is 1520 g/mol. The van der Waals surface area contributed by atoms with Crippen molar-refractivity contribution in [2.24, 2.45) is 5.92 Å². The van der Waals surface area contributed by atoms with Gasteiger partial charge < -0.3 is 111 Å². The predicted octanol–water partition coefficient (Wildman–Crippen LogP) is -8.61. The molecule has 0 bridgehead atoms. The number of carboxylic acids is 2. The standard InChI is InChI=1S/C60H94N16O22S4/c1-8-26(2)45(74-42(81)20-63-52(89)35(15-16-44(83)84)69-55(92)38(23-100)73-59(96)47(31(7)78)75-43(82)21-62-51(88)34-10-9-17-61-34)58(95)72-37(22-99)54(91)67-29(5)49(86)70-36(18-32-11-13-33(79)14-12-32)53(90)66-27(3)48(85)65-28(4)50(87)71-39(24-101)56(93)76-46(30(6)77)57(94)64-19-41(80)68-40(25-102)60(97)98/h11-14,26-31,34-40,45-47,61,77-79,99-102H,8-10,15-25H2,1-7H3,(H,62,88)(H,63,89)(H,64,94)(H,65,85)(H,66,90)(H,67,91)(H,68,80)(H,69,92)(H,70,86)(H,71,87)(H,72,95)(H,73,96)(H,74,81)(H,75,82)(H,76,93)(H,83,84)(H,97,98)/t26-,27-,28-,29-,30+,31+,34-,35-,36-,37-,38-,39-,40-,45-,46-,47-/m0/s1. The molecule has 1 saturated heterocycles. The van der Waals surface area contributed by atoms with E-state index >= 15 is 0 Å². The van der Waals surface area contributed by atoms with Crippen molar-refractivity contribution < 1.29 is 107 Å². The largest absolute Gasteiger partial charge is 0.508 e. The molecular weight excluding hydrogens is 1430 g/mol. The zero-order valence-electron chi connectivity index (χ0n) is 56.9. The van der Waals surface area contributed by atoms with Crippen molar-refractivity contribution in [1.82, 2.24) is 85.1 Å². The lowest BCUT2D eigenvalue weighted by Crippen LogP contribution is -2.61. The molecule has 1 aromatic rings. The number of hydrogen-bond acceptors (Lipinski definition) is 25. The van der Waals surface area contributed by atoms with Crippen LogP contribution in [0, 0.1) is 5.92 Å². The average Bonchev–Trinajstić information content (AvgIpc) is 0.970. The lowest BCUT2D eigenvalue weighted by molar-refractivity contribution is -0.141. The highest BCUT2D eigenvalue weighted by atomic mass is 32.1. The van der Waals surface area contributed by atoms with Crippen molar-refractivity contribution in [3.8, 4) is 5.75 Å². The van der Waals surface area contributed by atoms with Gasteiger partial charge >= 0.3 is 11.9 Å². The summed E-state index contributed by atoms with van der Waals surface area (Å²) in [5.41, 5.74) is 0.390. The highest BCUT2D eigenvalue weighted by Crippen LogP contribution is 2.14. The summed E-state index contributed by atoms with van der Waals surface area (Å²) >= 11 is 16.2. The first kappa shape index (κ1) is 89.4. The maximum absolute atomic E-state index is 13.9. The monoisotopic (exact) mass is 1520 g/mol. The number of amides is 15. The first-order valence-electron chi connectivity index (χ1n) is 32.1. The van der Waals surface area contributed by atoms with E-state index < -0.39 is 235 Å². The lowest BCUT2D eigenvalue weighted by atomic mass is 9.98. The number of aliphatic carboxylic acids is 2. The van der Waals surface area contributed by atoms with Crippen LogP contribution in [0.15, 0.2) is 24.3 Å². The van der Waals surface area contributed by atoms with Crippen molar-refractivity contribution in [3.63, 3.8) is 0 Å². The van der Waals surface area contributed by atoms with Crippen LogP contribution in [0.5, 0.6) is 5.75 Å². The molecule has 1 aliphatic heterocycles. The van der Waals surface area contributed by atoms with Crippen LogP contribution in [-0.2, 0) is 87.9 Å². The van der Waals surface area contributed by atoms with Gasteiger partial charge in [0.05, 0.1) is 37.9 Å². The predicted molar refractivity (Wildman–Crippen MR) is 375 cm³/mol. The maximum atomic E-state index is 13.9. The first-order valence-corrected chi connectivity index (χ1v) is 34.6. The van der Waals surface area contributed by atoms with E-state index in [0.29, 0.717) is 18.5 Å². The van der Waals surface area contributed by atoms with Crippen molar-refractivity contribution in [2.45, 2.75) is 178 Å². The molecule has 42 heteroatoms. The molecule has 38 nitrogen and oxygen atoms in total. The van der Waals surface area contributed by atoms with E-state index in [-0.39, 0.29) is 35.8 Å². The minimum Gasteiger partial charge on any atom is -0.508 e. The second-order valence-electron chi connectivity index (χ2n) is 23.7. The Morgan fingerprint density at radius 1 is 0.451 bits per heavy atom. The molecular formula is C60H94N16O22S4. The fourth-order valence-corrected chi connectivity index (χ4v) is 10.2. The third kappa shape index (κ3) is 31.3. The number of carboxylic acid groups (broad SMARTS) is 2. The maximum Gasteiger partial charge on any atom is 0.327 e. The molecule has 0 saturated carbocycles. The molecule has 1 aliphatic rings. The Labute approximate surface area is 608 Å². The Morgan fingerprint density at radius 2 is 0.843 bits per heavy atom. The normalized spacial score (nSPS) is 16.9. The number of aliphatic hydroxyl groups is 2. The van der Waals surface area contributed by atoms with Crippen LogP contribution in [-0.4, -0.2) is 266 Å². The minimum absolute atomic E-state index is 0.141. The molecule has 102 heavy (non-hydrogen) atoms. The third-order valence-electron chi connectivity index (χ3n) is 15.4. The van der Waals surface area contributed by atoms with Crippen LogP contribution in [0.4, 0.5) is 0 Å². The number of aliphatic hydroxyl groups excluding tert-OH is 2. The van der Waals surface area contributed by atoms with Crippen LogP contribution in [0.2, 0.25) is 0 Å². The van der Waals surface area contributed by atoms with E-state index in [0.717, 1.165) is 13.3 Å². The van der Waals surface area contributed by atoms with Crippen LogP contribution >= 0.6 is 50.5 Å². The molecule has 21 N–H and O–H groups in total. The van der Waals surface area contributed by atoms with Crippen LogP contribution < -0.4 is 85.1 Å². The van der Waals surface area contributed by atoms with Crippen molar-refractivity contribution in [3.05, 3.63) is 29.8 Å². The van der Waals surface area contributed by atoms with Crippen LogP contribution in [0.3, 0.4) is 0 Å². The molecule has 2 rings (SSSR count). The number of phenolic OH excluding ortho intramolecular Hbond substituents is 1. The lowest BCUT2D eigenvalue weighted by Gasteiger charge is -2.27. The number of benzene rings is 1. The van der Waals surface area contributed by atoms with E-state index in [1.54, 1.807) is 13.8 Å². The van der Waals surface area contributed by atoms with E-state index in [9.17, 15) is 102 Å². The summed E-state index contributed by atoms with van der Waals surface area (Å²) in [7, 11) is 0. The SMILES string of the molecule is CC[C@H](C)[C@H](NC(=O)CNC(=O)[C@H](CCC(=O)O)NC(=O)[C@H](CS)NC(=O)[C@@H](NC(=O)CNC(=O)[C@@H]1CCCN1)[C@@H](C)O)C(=O)N[C@@H](CS)C(=O)N[C@@H](C)C(=O)N[C@@H](Cc1ccc(O)cc1)C(=O)N[C@@H](C)C(=O)N[C@@H](C)C(=O)N[C@@H](CS)C(=O)N[C@H](C(=O)NCC(=O)N[C@@H](CS)C(=O)O)[C@@H](C)O. The zero-order valence-corrected chi connectivity index (χ0v) is 60.5. The molecule has 0 aliphatic carbocycles. The first-order chi connectivity index (χ1) is 47.9. The summed E-state index contributed by atoms with van der Waals surface area (Å²) in [6.07, 6.45) is -3.01. The molecule has 570 valence electrons. The molecule has 1 aromatic carbocycles. The Morgan fingerprint density at radius 3 is 1.30 bits per heavy atom. The van der Waals surface area contributed by atoms with Crippen LogP contribution in [0.25, 0.3) is 0 Å². The molecule has 16 atom stereocenters. The topological polar surface area (TPSA) is 584 Å². The summed E-state index contributed by atoms with van der Waals surface area (Å²) in [6, 6.07) is -13.2. The smallest absolute Gasteiger partial charge is 0.327 e. The van der Waals surface area contributed by atoms with Gasteiger partial charge in [-0.3, -0.25) is 76.7 Å². The molecule has 15 amide bonds. The number of phenols is 1. The number of nitrogens with one attached hydrogen (secondary N) is 16. The van der Waals surface area contributed by atoms with Crippen molar-refractivity contribution in [2.75, 3.05) is 49.2 Å². The van der Waals surface area contributed by atoms with E-state index in [4.69, 9.17) is 5.11 Å². The number of carbonyl (C=O) groups excluding carboxylic acids is 15. The van der Waals surface area contributed by atoms with Gasteiger partial charge in [0.1, 0.15) is 78.3 Å². The second kappa shape index (κ2) is 45.3. The van der Waals surface area contributed by atoms with Gasteiger partial charge in [0.15, 0.2) is 0 Å². The minimum atomic E-state index is -1.69. The Hall–Kier alpha value is -8.71. The quantitative estimate of drug-likeness (QED) is 0.0270. The fourth-order valence-electron chi connectivity index (χ4n) is 9.16. The molecule has 0 aromatic heterocycles. The molecule has 1 heterocycles. The summed E-state index contributed by atoms with van der Waals surface area (Å²) in [4.78, 5) is 222. The van der Waals surface area contributed by atoms with Gasteiger partial charge in [-0.25, -0.2) is 4.79 Å². The van der Waals surface area contributed by atoms with Gasteiger partial charge in [0.25, 0.3) is 0 Å². The molecule has 0 spiro atoms. The van der Waals surface area contributed by atoms with Gasteiger partial charge in [-0.2, -0.15) is 50.5 Å². The fraction of sp³-hybridized carbons (Fsp3) is 0.617. The highest BCUT2D eigenvalue weighted by molar-refractivity contribution is 7.80. The van der Waals surface area contributed by atoms with E-state index in [1.807, 2.05) is 0 Å². The van der Waals surface area contributed by atoms with Gasteiger partial charge in [0, 0.05) is 35.9 Å². The highest BCUT2D eigenvalue weighted by Gasteiger charge is 2.37.